The molecule has 0 saturated heterocycles. The Morgan fingerprint density at radius 2 is 2.20 bits per heavy atom. The highest BCUT2D eigenvalue weighted by molar-refractivity contribution is 7.14. The fourth-order valence-electron chi connectivity index (χ4n) is 1.81. The first kappa shape index (κ1) is 14.5. The highest BCUT2D eigenvalue weighted by Crippen LogP contribution is 2.30. The van der Waals surface area contributed by atoms with Crippen LogP contribution in [0.25, 0.3) is 11.3 Å². The van der Waals surface area contributed by atoms with Crippen molar-refractivity contribution in [2.45, 2.75) is 6.54 Å². The quantitative estimate of drug-likeness (QED) is 0.917. The lowest BCUT2D eigenvalue weighted by atomic mass is 10.1. The molecule has 0 aliphatic carbocycles. The lowest BCUT2D eigenvalue weighted by Gasteiger charge is -2.05. The van der Waals surface area contributed by atoms with E-state index >= 15 is 0 Å². The highest BCUT2D eigenvalue weighted by atomic mass is 32.1. The van der Waals surface area contributed by atoms with E-state index in [2.05, 4.69) is 4.98 Å². The summed E-state index contributed by atoms with van der Waals surface area (Å²) in [5.74, 6) is -0.272. The second kappa shape index (κ2) is 6.02. The van der Waals surface area contributed by atoms with Gasteiger partial charge >= 0.3 is 5.97 Å². The van der Waals surface area contributed by atoms with Gasteiger partial charge in [0.05, 0.1) is 12.8 Å². The van der Waals surface area contributed by atoms with Gasteiger partial charge in [-0.15, -0.1) is 11.3 Å². The number of thiazole rings is 1. The van der Waals surface area contributed by atoms with Crippen LogP contribution in [0.3, 0.4) is 0 Å². The van der Waals surface area contributed by atoms with Gasteiger partial charge in [0.25, 0.3) is 0 Å². The molecule has 0 saturated carbocycles. The highest BCUT2D eigenvalue weighted by Gasteiger charge is 2.19. The molecule has 6 heteroatoms. The van der Waals surface area contributed by atoms with Gasteiger partial charge < -0.3 is 14.7 Å². The summed E-state index contributed by atoms with van der Waals surface area (Å²) >= 11 is 1.21. The Hall–Kier alpha value is -1.92. The fraction of sp³-hybridized carbons (Fsp3) is 0.286. The number of methoxy groups -OCH3 is 1. The Balaban J connectivity index is 2.47. The third kappa shape index (κ3) is 3.15. The molecule has 0 bridgehead atoms. The summed E-state index contributed by atoms with van der Waals surface area (Å²) in [5, 5.41) is 10.1. The molecule has 1 aromatic heterocycles. The molecule has 0 atom stereocenters. The largest absolute Gasteiger partial charge is 0.497 e. The number of rotatable bonds is 5. The lowest BCUT2D eigenvalue weighted by Crippen LogP contribution is -2.10. The third-order valence-electron chi connectivity index (χ3n) is 2.66. The Kier molecular flexibility index (Phi) is 4.36. The standard InChI is InChI=1S/C14H16N2O3S/c1-16(2)8-11-15-12(13(20-11)14(17)18)9-5-4-6-10(7-9)19-3/h4-7H,8H2,1-3H3,(H,17,18). The molecule has 0 amide bonds. The van der Waals surface area contributed by atoms with Gasteiger partial charge in [-0.25, -0.2) is 9.78 Å². The van der Waals surface area contributed by atoms with E-state index in [1.165, 1.54) is 11.3 Å². The smallest absolute Gasteiger partial charge is 0.348 e. The summed E-state index contributed by atoms with van der Waals surface area (Å²) in [4.78, 5) is 18.0. The van der Waals surface area contributed by atoms with Gasteiger partial charge in [0.1, 0.15) is 15.6 Å². The molecular weight excluding hydrogens is 276 g/mol. The number of aromatic nitrogens is 1. The predicted molar refractivity (Wildman–Crippen MR) is 78.5 cm³/mol. The van der Waals surface area contributed by atoms with Gasteiger partial charge in [-0.2, -0.15) is 0 Å². The number of carboxylic acid groups (broad SMARTS) is 1. The number of ether oxygens (including phenoxy) is 1. The number of aromatic carboxylic acids is 1. The van der Waals surface area contributed by atoms with E-state index in [1.807, 2.05) is 37.2 Å². The maximum atomic E-state index is 11.4. The first-order valence-electron chi connectivity index (χ1n) is 6.03. The van der Waals surface area contributed by atoms with E-state index in [1.54, 1.807) is 13.2 Å². The average Bonchev–Trinajstić information content (AvgIpc) is 2.82. The van der Waals surface area contributed by atoms with E-state index < -0.39 is 5.97 Å². The van der Waals surface area contributed by atoms with Crippen molar-refractivity contribution in [3.63, 3.8) is 0 Å². The Labute approximate surface area is 121 Å². The van der Waals surface area contributed by atoms with E-state index in [0.29, 0.717) is 18.0 Å². The maximum absolute atomic E-state index is 11.4. The number of hydrogen-bond acceptors (Lipinski definition) is 5. The molecule has 20 heavy (non-hydrogen) atoms. The van der Waals surface area contributed by atoms with Crippen molar-refractivity contribution in [3.8, 4) is 17.0 Å². The van der Waals surface area contributed by atoms with Crippen LogP contribution in [0.1, 0.15) is 14.7 Å². The summed E-state index contributed by atoms with van der Waals surface area (Å²) < 4.78 is 5.17. The fourth-order valence-corrected chi connectivity index (χ4v) is 2.86. The molecule has 106 valence electrons. The van der Waals surface area contributed by atoms with Crippen LogP contribution in [0.2, 0.25) is 0 Å². The van der Waals surface area contributed by atoms with Gasteiger partial charge in [-0.3, -0.25) is 0 Å². The van der Waals surface area contributed by atoms with Crippen LogP contribution in [0.15, 0.2) is 24.3 Å². The van der Waals surface area contributed by atoms with Crippen molar-refractivity contribution < 1.29 is 14.6 Å². The van der Waals surface area contributed by atoms with Crippen LogP contribution >= 0.6 is 11.3 Å². The van der Waals surface area contributed by atoms with Gasteiger partial charge in [0.2, 0.25) is 0 Å². The first-order chi connectivity index (χ1) is 9.51. The molecule has 0 aliphatic rings. The minimum atomic E-state index is -0.953. The third-order valence-corrected chi connectivity index (χ3v) is 3.69. The Morgan fingerprint density at radius 3 is 2.80 bits per heavy atom. The summed E-state index contributed by atoms with van der Waals surface area (Å²) in [6, 6.07) is 7.27. The predicted octanol–water partition coefficient (Wildman–Crippen LogP) is 2.58. The number of benzene rings is 1. The Morgan fingerprint density at radius 1 is 1.45 bits per heavy atom. The molecule has 2 rings (SSSR count). The van der Waals surface area contributed by atoms with Crippen molar-refractivity contribution >= 4 is 17.3 Å². The zero-order valence-electron chi connectivity index (χ0n) is 11.6. The molecule has 5 nitrogen and oxygen atoms in total. The van der Waals surface area contributed by atoms with Gasteiger partial charge in [-0.1, -0.05) is 12.1 Å². The van der Waals surface area contributed by atoms with Gasteiger partial charge in [-0.05, 0) is 26.2 Å². The molecule has 1 N–H and O–H groups in total. The van der Waals surface area contributed by atoms with Crippen LogP contribution in [0.4, 0.5) is 0 Å². The zero-order chi connectivity index (χ0) is 14.7. The normalized spacial score (nSPS) is 10.8. The topological polar surface area (TPSA) is 62.7 Å². The second-order valence-corrected chi connectivity index (χ2v) is 5.64. The SMILES string of the molecule is COc1cccc(-c2nc(CN(C)C)sc2C(=O)O)c1. The van der Waals surface area contributed by atoms with Crippen molar-refractivity contribution in [2.24, 2.45) is 0 Å². The van der Waals surface area contributed by atoms with E-state index in [0.717, 1.165) is 10.6 Å². The molecular formula is C14H16N2O3S. The maximum Gasteiger partial charge on any atom is 0.348 e. The van der Waals surface area contributed by atoms with Crippen molar-refractivity contribution in [2.75, 3.05) is 21.2 Å². The van der Waals surface area contributed by atoms with Gasteiger partial charge in [0.15, 0.2) is 0 Å². The van der Waals surface area contributed by atoms with Crippen LogP contribution in [-0.4, -0.2) is 42.2 Å². The monoisotopic (exact) mass is 292 g/mol. The minimum Gasteiger partial charge on any atom is -0.497 e. The average molecular weight is 292 g/mol. The van der Waals surface area contributed by atoms with Crippen molar-refractivity contribution in [1.29, 1.82) is 0 Å². The number of carboxylic acids is 1. The summed E-state index contributed by atoms with van der Waals surface area (Å²) in [6.45, 7) is 0.620. The second-order valence-electron chi connectivity index (χ2n) is 4.56. The Bertz CT molecular complexity index is 623. The summed E-state index contributed by atoms with van der Waals surface area (Å²) in [6.07, 6.45) is 0. The van der Waals surface area contributed by atoms with Gasteiger partial charge in [0, 0.05) is 12.1 Å². The van der Waals surface area contributed by atoms with Crippen LogP contribution < -0.4 is 4.74 Å². The summed E-state index contributed by atoms with van der Waals surface area (Å²) in [7, 11) is 5.43. The molecule has 0 fully saturated rings. The number of hydrogen-bond donors (Lipinski definition) is 1. The molecule has 2 aromatic rings. The van der Waals surface area contributed by atoms with Crippen LogP contribution in [-0.2, 0) is 6.54 Å². The van der Waals surface area contributed by atoms with E-state index in [-0.39, 0.29) is 4.88 Å². The van der Waals surface area contributed by atoms with E-state index in [4.69, 9.17) is 4.74 Å². The lowest BCUT2D eigenvalue weighted by molar-refractivity contribution is 0.0702. The number of carbonyl (C=O) groups is 1. The van der Waals surface area contributed by atoms with Crippen LogP contribution in [0, 0.1) is 0 Å². The molecule has 1 aromatic carbocycles. The van der Waals surface area contributed by atoms with Crippen molar-refractivity contribution in [3.05, 3.63) is 34.2 Å². The molecule has 0 aliphatic heterocycles. The minimum absolute atomic E-state index is 0.259. The molecule has 1 heterocycles. The zero-order valence-corrected chi connectivity index (χ0v) is 12.4. The van der Waals surface area contributed by atoms with E-state index in [9.17, 15) is 9.90 Å². The number of nitrogens with zero attached hydrogens (tertiary/aromatic N) is 2. The van der Waals surface area contributed by atoms with Crippen molar-refractivity contribution in [1.82, 2.24) is 9.88 Å². The van der Waals surface area contributed by atoms with Crippen LogP contribution in [0.5, 0.6) is 5.75 Å². The molecule has 0 spiro atoms. The first-order valence-corrected chi connectivity index (χ1v) is 6.85. The summed E-state index contributed by atoms with van der Waals surface area (Å²) in [5.41, 5.74) is 1.25. The molecule has 0 radical (unpaired) electrons. The molecule has 0 unspecified atom stereocenters.